The standard InChI is InChI=1S/C14H10F3N3O2SSi/c15-14(16,17)24-9-6-7-23-10(9)11(21)18-13-20-19-12(22-13)8-4-2-1-3-5-8/h1-7H,24H2,(H,18,20,21). The zero-order chi connectivity index (χ0) is 17.2. The zero-order valence-corrected chi connectivity index (χ0v) is 14.2. The van der Waals surface area contributed by atoms with Crippen molar-refractivity contribution in [1.82, 2.24) is 10.2 Å². The van der Waals surface area contributed by atoms with Gasteiger partial charge in [-0.05, 0) is 22.7 Å². The lowest BCUT2D eigenvalue weighted by Gasteiger charge is -2.06. The lowest BCUT2D eigenvalue weighted by Crippen LogP contribution is -2.33. The van der Waals surface area contributed by atoms with Gasteiger partial charge in [-0.15, -0.1) is 16.4 Å². The Hall–Kier alpha value is -2.46. The van der Waals surface area contributed by atoms with Gasteiger partial charge in [0.05, 0.1) is 4.88 Å². The molecule has 3 rings (SSSR count). The van der Waals surface area contributed by atoms with Crippen molar-refractivity contribution < 1.29 is 22.4 Å². The van der Waals surface area contributed by atoms with Crippen LogP contribution in [0.3, 0.4) is 0 Å². The van der Waals surface area contributed by atoms with Crippen LogP contribution in [0.2, 0.25) is 0 Å². The number of anilines is 1. The zero-order valence-electron chi connectivity index (χ0n) is 12.0. The van der Waals surface area contributed by atoms with Gasteiger partial charge in [-0.1, -0.05) is 29.4 Å². The smallest absolute Gasteiger partial charge is 0.359 e. The summed E-state index contributed by atoms with van der Waals surface area (Å²) in [5.41, 5.74) is 0.673. The molecule has 0 fully saturated rings. The quantitative estimate of drug-likeness (QED) is 0.717. The predicted molar refractivity (Wildman–Crippen MR) is 86.2 cm³/mol. The third-order valence-electron chi connectivity index (χ3n) is 3.01. The predicted octanol–water partition coefficient (Wildman–Crippen LogP) is 2.36. The van der Waals surface area contributed by atoms with Crippen molar-refractivity contribution in [2.24, 2.45) is 0 Å². The first-order valence-corrected chi connectivity index (χ1v) is 9.05. The van der Waals surface area contributed by atoms with Crippen LogP contribution in [0, 0.1) is 0 Å². The summed E-state index contributed by atoms with van der Waals surface area (Å²) in [6.45, 7) is 0. The van der Waals surface area contributed by atoms with Gasteiger partial charge in [0.2, 0.25) is 5.89 Å². The average molecular weight is 369 g/mol. The number of nitrogens with one attached hydrogen (secondary N) is 1. The van der Waals surface area contributed by atoms with Crippen LogP contribution >= 0.6 is 11.3 Å². The Morgan fingerprint density at radius 1 is 1.17 bits per heavy atom. The molecule has 3 aromatic rings. The van der Waals surface area contributed by atoms with Gasteiger partial charge in [0, 0.05) is 5.56 Å². The molecule has 1 aromatic carbocycles. The van der Waals surface area contributed by atoms with Crippen LogP contribution in [0.25, 0.3) is 11.5 Å². The molecule has 0 bridgehead atoms. The number of carbonyl (C=O) groups is 1. The molecule has 1 amide bonds. The molecule has 2 aromatic heterocycles. The van der Waals surface area contributed by atoms with E-state index in [1.54, 1.807) is 24.3 Å². The van der Waals surface area contributed by atoms with Crippen molar-refractivity contribution in [3.05, 3.63) is 46.7 Å². The van der Waals surface area contributed by atoms with E-state index >= 15 is 0 Å². The SMILES string of the molecule is O=C(Nc1nnc(-c2ccccc2)o1)c1sccc1[SiH2]C(F)(F)F. The largest absolute Gasteiger partial charge is 0.403 e. The first-order valence-electron chi connectivity index (χ1n) is 6.76. The molecule has 0 aliphatic carbocycles. The number of nitrogens with zero attached hydrogens (tertiary/aromatic N) is 2. The van der Waals surface area contributed by atoms with Gasteiger partial charge in [0.25, 0.3) is 5.91 Å². The van der Waals surface area contributed by atoms with E-state index in [2.05, 4.69) is 15.5 Å². The van der Waals surface area contributed by atoms with Crippen LogP contribution in [-0.4, -0.2) is 31.4 Å². The minimum atomic E-state index is -4.25. The number of halogens is 3. The Kier molecular flexibility index (Phi) is 4.49. The van der Waals surface area contributed by atoms with Gasteiger partial charge in [0.15, 0.2) is 9.52 Å². The van der Waals surface area contributed by atoms with Crippen molar-refractivity contribution >= 4 is 38.0 Å². The molecular weight excluding hydrogens is 359 g/mol. The molecule has 0 aliphatic rings. The Bertz CT molecular complexity index is 848. The van der Waals surface area contributed by atoms with Crippen LogP contribution in [-0.2, 0) is 0 Å². The van der Waals surface area contributed by atoms with Gasteiger partial charge < -0.3 is 4.42 Å². The normalized spacial score (nSPS) is 12.0. The topological polar surface area (TPSA) is 68.0 Å². The third kappa shape index (κ3) is 3.89. The number of carbonyl (C=O) groups excluding carboxylic acids is 1. The number of hydrogen-bond donors (Lipinski definition) is 1. The van der Waals surface area contributed by atoms with E-state index in [9.17, 15) is 18.0 Å². The molecule has 0 saturated carbocycles. The van der Waals surface area contributed by atoms with E-state index in [-0.39, 0.29) is 22.0 Å². The molecule has 1 N–H and O–H groups in total. The molecule has 0 radical (unpaired) electrons. The van der Waals surface area contributed by atoms with Crippen LogP contribution in [0.5, 0.6) is 0 Å². The lowest BCUT2D eigenvalue weighted by molar-refractivity contribution is -0.0455. The second-order valence-electron chi connectivity index (χ2n) is 4.80. The van der Waals surface area contributed by atoms with Crippen molar-refractivity contribution in [2.45, 2.75) is 5.80 Å². The van der Waals surface area contributed by atoms with E-state index in [1.165, 1.54) is 11.4 Å². The van der Waals surface area contributed by atoms with Crippen LogP contribution in [0.4, 0.5) is 19.2 Å². The summed E-state index contributed by atoms with van der Waals surface area (Å²) < 4.78 is 43.0. The molecule has 2 heterocycles. The van der Waals surface area contributed by atoms with E-state index in [0.717, 1.165) is 11.3 Å². The molecule has 0 atom stereocenters. The van der Waals surface area contributed by atoms with Gasteiger partial charge in [-0.3, -0.25) is 10.1 Å². The fourth-order valence-electron chi connectivity index (χ4n) is 2.02. The van der Waals surface area contributed by atoms with Gasteiger partial charge in [-0.2, -0.15) is 13.2 Å². The minimum absolute atomic E-state index is 0.0263. The highest BCUT2D eigenvalue weighted by molar-refractivity contribution is 7.13. The molecule has 5 nitrogen and oxygen atoms in total. The summed E-state index contributed by atoms with van der Waals surface area (Å²) >= 11 is 0.954. The maximum absolute atomic E-state index is 12.6. The Balaban J connectivity index is 1.75. The molecule has 0 aliphatic heterocycles. The van der Waals surface area contributed by atoms with E-state index in [0.29, 0.717) is 5.56 Å². The Morgan fingerprint density at radius 3 is 2.62 bits per heavy atom. The number of rotatable bonds is 4. The molecule has 0 saturated heterocycles. The molecule has 0 spiro atoms. The van der Waals surface area contributed by atoms with Crippen molar-refractivity contribution in [2.75, 3.05) is 5.32 Å². The highest BCUT2D eigenvalue weighted by atomic mass is 32.1. The second-order valence-corrected chi connectivity index (χ2v) is 7.63. The summed E-state index contributed by atoms with van der Waals surface area (Å²) in [7, 11) is -2.55. The first kappa shape index (κ1) is 16.4. The highest BCUT2D eigenvalue weighted by Crippen LogP contribution is 2.20. The molecule has 10 heteroatoms. The maximum atomic E-state index is 12.6. The van der Waals surface area contributed by atoms with Crippen LogP contribution in [0.1, 0.15) is 9.67 Å². The first-order chi connectivity index (χ1) is 11.4. The molecule has 0 unspecified atom stereocenters. The van der Waals surface area contributed by atoms with E-state index in [4.69, 9.17) is 4.42 Å². The van der Waals surface area contributed by atoms with Crippen LogP contribution < -0.4 is 10.5 Å². The van der Waals surface area contributed by atoms with Gasteiger partial charge >= 0.3 is 11.8 Å². The van der Waals surface area contributed by atoms with Gasteiger partial charge in [-0.25, -0.2) is 0 Å². The fraction of sp³-hybridized carbons (Fsp3) is 0.0714. The van der Waals surface area contributed by atoms with Gasteiger partial charge in [0.1, 0.15) is 0 Å². The lowest BCUT2D eigenvalue weighted by atomic mass is 10.2. The van der Waals surface area contributed by atoms with E-state index in [1.807, 2.05) is 6.07 Å². The number of hydrogen-bond acceptors (Lipinski definition) is 5. The number of thiophene rings is 1. The monoisotopic (exact) mass is 369 g/mol. The van der Waals surface area contributed by atoms with E-state index < -0.39 is 21.2 Å². The summed E-state index contributed by atoms with van der Waals surface area (Å²) in [6.07, 6.45) is 0. The molecule has 24 heavy (non-hydrogen) atoms. The summed E-state index contributed by atoms with van der Waals surface area (Å²) in [5.74, 6) is -4.72. The van der Waals surface area contributed by atoms with Crippen molar-refractivity contribution in [3.8, 4) is 11.5 Å². The fourth-order valence-corrected chi connectivity index (χ4v) is 4.39. The number of amides is 1. The molecular formula is C14H10F3N3O2SSi. The summed E-state index contributed by atoms with van der Waals surface area (Å²) in [4.78, 5) is 12.2. The summed E-state index contributed by atoms with van der Waals surface area (Å²) in [5, 5.41) is 11.4. The third-order valence-corrected chi connectivity index (χ3v) is 5.59. The van der Waals surface area contributed by atoms with Crippen molar-refractivity contribution in [1.29, 1.82) is 0 Å². The number of alkyl halides is 3. The minimum Gasteiger partial charge on any atom is -0.403 e. The van der Waals surface area contributed by atoms with Crippen molar-refractivity contribution in [3.63, 3.8) is 0 Å². The maximum Gasteiger partial charge on any atom is 0.359 e. The average Bonchev–Trinajstić information content (AvgIpc) is 3.16. The Labute approximate surface area is 140 Å². The molecule has 124 valence electrons. The van der Waals surface area contributed by atoms with Crippen LogP contribution in [0.15, 0.2) is 46.2 Å². The number of benzene rings is 1. The Morgan fingerprint density at radius 2 is 1.92 bits per heavy atom. The highest BCUT2D eigenvalue weighted by Gasteiger charge is 2.31. The second kappa shape index (κ2) is 6.57. The summed E-state index contributed by atoms with van der Waals surface area (Å²) in [6, 6.07) is 10.1. The number of aromatic nitrogens is 2.